The number of aromatic nitrogens is 2. The van der Waals surface area contributed by atoms with Crippen LogP contribution in [-0.2, 0) is 12.8 Å². The zero-order chi connectivity index (χ0) is 14.5. The maximum Gasteiger partial charge on any atom is 0.135 e. The topological polar surface area (TPSA) is 41.0 Å². The van der Waals surface area contributed by atoms with Gasteiger partial charge in [0.1, 0.15) is 12.1 Å². The van der Waals surface area contributed by atoms with Crippen LogP contribution < -0.4 is 10.2 Å². The van der Waals surface area contributed by atoms with Gasteiger partial charge in [-0.05, 0) is 51.5 Å². The van der Waals surface area contributed by atoms with Crippen LogP contribution in [0.25, 0.3) is 0 Å². The number of fused-ring (bicyclic) bond motifs is 1. The summed E-state index contributed by atoms with van der Waals surface area (Å²) in [4.78, 5) is 11.7. The second kappa shape index (κ2) is 7.21. The standard InChI is InChI=1S/C17H28N4/c1-2-3-11-21(12-14-7-6-10-18-14)17-15-8-4-5-9-16(15)19-13-20-17/h13-14,18H,2-12H2,1H3. The second-order valence-electron chi connectivity index (χ2n) is 6.42. The van der Waals surface area contributed by atoms with E-state index in [2.05, 4.69) is 27.1 Å². The summed E-state index contributed by atoms with van der Waals surface area (Å²) in [7, 11) is 0. The van der Waals surface area contributed by atoms with Crippen LogP contribution in [0.5, 0.6) is 0 Å². The van der Waals surface area contributed by atoms with Gasteiger partial charge in [-0.3, -0.25) is 0 Å². The zero-order valence-electron chi connectivity index (χ0n) is 13.3. The molecule has 0 saturated carbocycles. The van der Waals surface area contributed by atoms with Crippen LogP contribution in [0.15, 0.2) is 6.33 Å². The zero-order valence-corrected chi connectivity index (χ0v) is 13.3. The van der Waals surface area contributed by atoms with Gasteiger partial charge in [0.2, 0.25) is 0 Å². The molecule has 1 saturated heterocycles. The molecule has 1 fully saturated rings. The average molecular weight is 288 g/mol. The number of rotatable bonds is 6. The van der Waals surface area contributed by atoms with Crippen molar-refractivity contribution in [3.63, 3.8) is 0 Å². The lowest BCUT2D eigenvalue weighted by Gasteiger charge is -2.30. The van der Waals surface area contributed by atoms with E-state index in [0.29, 0.717) is 6.04 Å². The van der Waals surface area contributed by atoms with Crippen LogP contribution in [0.4, 0.5) is 5.82 Å². The first-order valence-electron chi connectivity index (χ1n) is 8.69. The number of hydrogen-bond donors (Lipinski definition) is 1. The fourth-order valence-corrected chi connectivity index (χ4v) is 3.59. The van der Waals surface area contributed by atoms with E-state index in [1.807, 2.05) is 0 Å². The number of aryl methyl sites for hydroxylation is 1. The lowest BCUT2D eigenvalue weighted by atomic mass is 9.96. The van der Waals surface area contributed by atoms with Crippen molar-refractivity contribution in [1.82, 2.24) is 15.3 Å². The van der Waals surface area contributed by atoms with Crippen LogP contribution in [0.1, 0.15) is 56.7 Å². The van der Waals surface area contributed by atoms with E-state index in [1.165, 1.54) is 62.1 Å². The van der Waals surface area contributed by atoms with E-state index in [0.717, 1.165) is 25.9 Å². The minimum Gasteiger partial charge on any atom is -0.355 e. The third-order valence-electron chi connectivity index (χ3n) is 4.79. The monoisotopic (exact) mass is 288 g/mol. The third-order valence-corrected chi connectivity index (χ3v) is 4.79. The molecule has 21 heavy (non-hydrogen) atoms. The maximum atomic E-state index is 4.67. The highest BCUT2D eigenvalue weighted by molar-refractivity contribution is 5.49. The molecule has 1 aromatic heterocycles. The van der Waals surface area contributed by atoms with Gasteiger partial charge in [0.15, 0.2) is 0 Å². The first-order valence-corrected chi connectivity index (χ1v) is 8.69. The molecule has 0 bridgehead atoms. The van der Waals surface area contributed by atoms with Crippen molar-refractivity contribution >= 4 is 5.82 Å². The molecule has 2 heterocycles. The number of nitrogens with one attached hydrogen (secondary N) is 1. The molecular formula is C17H28N4. The Morgan fingerprint density at radius 3 is 2.95 bits per heavy atom. The Kier molecular flexibility index (Phi) is 5.07. The van der Waals surface area contributed by atoms with Crippen molar-refractivity contribution < 1.29 is 0 Å². The summed E-state index contributed by atoms with van der Waals surface area (Å²) in [5.74, 6) is 1.22. The Morgan fingerprint density at radius 2 is 2.14 bits per heavy atom. The van der Waals surface area contributed by atoms with Gasteiger partial charge in [0, 0.05) is 30.4 Å². The van der Waals surface area contributed by atoms with E-state index in [-0.39, 0.29) is 0 Å². The Hall–Kier alpha value is -1.16. The first kappa shape index (κ1) is 14.8. The Morgan fingerprint density at radius 1 is 1.24 bits per heavy atom. The molecule has 2 aliphatic rings. The lowest BCUT2D eigenvalue weighted by Crippen LogP contribution is -2.39. The normalized spacial score (nSPS) is 21.3. The molecule has 1 aliphatic heterocycles. The largest absolute Gasteiger partial charge is 0.355 e. The Labute approximate surface area is 128 Å². The fraction of sp³-hybridized carbons (Fsp3) is 0.765. The molecule has 0 amide bonds. The van der Waals surface area contributed by atoms with Crippen LogP contribution >= 0.6 is 0 Å². The minimum absolute atomic E-state index is 0.635. The highest BCUT2D eigenvalue weighted by atomic mass is 15.2. The smallest absolute Gasteiger partial charge is 0.135 e. The van der Waals surface area contributed by atoms with E-state index in [4.69, 9.17) is 0 Å². The summed E-state index contributed by atoms with van der Waals surface area (Å²) in [5, 5.41) is 3.63. The van der Waals surface area contributed by atoms with Crippen molar-refractivity contribution in [1.29, 1.82) is 0 Å². The molecular weight excluding hydrogens is 260 g/mol. The number of hydrogen-bond acceptors (Lipinski definition) is 4. The Bertz CT molecular complexity index is 454. The fourth-order valence-electron chi connectivity index (χ4n) is 3.59. The van der Waals surface area contributed by atoms with Crippen molar-refractivity contribution in [2.75, 3.05) is 24.5 Å². The van der Waals surface area contributed by atoms with Crippen LogP contribution in [0, 0.1) is 0 Å². The van der Waals surface area contributed by atoms with Gasteiger partial charge in [-0.15, -0.1) is 0 Å². The molecule has 1 aromatic rings. The predicted octanol–water partition coefficient (Wildman–Crippen LogP) is 2.71. The van der Waals surface area contributed by atoms with E-state index < -0.39 is 0 Å². The molecule has 1 unspecified atom stereocenters. The van der Waals surface area contributed by atoms with Gasteiger partial charge >= 0.3 is 0 Å². The lowest BCUT2D eigenvalue weighted by molar-refractivity contribution is 0.563. The summed E-state index contributed by atoms with van der Waals surface area (Å²) in [6, 6.07) is 0.635. The summed E-state index contributed by atoms with van der Waals surface area (Å²) in [6.07, 6.45) is 11.7. The molecule has 4 nitrogen and oxygen atoms in total. The van der Waals surface area contributed by atoms with Crippen molar-refractivity contribution in [2.45, 2.75) is 64.3 Å². The summed E-state index contributed by atoms with van der Waals surface area (Å²) in [6.45, 7) is 5.66. The van der Waals surface area contributed by atoms with Crippen molar-refractivity contribution in [3.8, 4) is 0 Å². The number of anilines is 1. The number of nitrogens with zero attached hydrogens (tertiary/aromatic N) is 3. The summed E-state index contributed by atoms with van der Waals surface area (Å²) >= 11 is 0. The third kappa shape index (κ3) is 3.54. The molecule has 1 N–H and O–H groups in total. The van der Waals surface area contributed by atoms with Crippen molar-refractivity contribution in [3.05, 3.63) is 17.6 Å². The van der Waals surface area contributed by atoms with Gasteiger partial charge in [-0.1, -0.05) is 13.3 Å². The van der Waals surface area contributed by atoms with Crippen LogP contribution in [-0.4, -0.2) is 35.6 Å². The molecule has 116 valence electrons. The Balaban J connectivity index is 1.80. The van der Waals surface area contributed by atoms with Gasteiger partial charge in [0.25, 0.3) is 0 Å². The molecule has 1 aliphatic carbocycles. The molecule has 1 atom stereocenters. The molecule has 0 spiro atoms. The molecule has 3 rings (SSSR count). The van der Waals surface area contributed by atoms with Gasteiger partial charge in [-0.2, -0.15) is 0 Å². The minimum atomic E-state index is 0.635. The molecule has 0 radical (unpaired) electrons. The quantitative estimate of drug-likeness (QED) is 0.874. The molecule has 4 heteroatoms. The van der Waals surface area contributed by atoms with Gasteiger partial charge < -0.3 is 10.2 Å². The molecule has 0 aromatic carbocycles. The van der Waals surface area contributed by atoms with E-state index in [9.17, 15) is 0 Å². The highest BCUT2D eigenvalue weighted by Crippen LogP contribution is 2.27. The number of unbranched alkanes of at least 4 members (excludes halogenated alkanes) is 1. The van der Waals surface area contributed by atoms with E-state index in [1.54, 1.807) is 6.33 Å². The van der Waals surface area contributed by atoms with Crippen LogP contribution in [0.3, 0.4) is 0 Å². The first-order chi connectivity index (χ1) is 10.4. The average Bonchev–Trinajstić information content (AvgIpc) is 3.04. The van der Waals surface area contributed by atoms with Crippen LogP contribution in [0.2, 0.25) is 0 Å². The highest BCUT2D eigenvalue weighted by Gasteiger charge is 2.23. The predicted molar refractivity (Wildman–Crippen MR) is 86.8 cm³/mol. The van der Waals surface area contributed by atoms with Gasteiger partial charge in [-0.25, -0.2) is 9.97 Å². The van der Waals surface area contributed by atoms with Crippen molar-refractivity contribution in [2.24, 2.45) is 0 Å². The van der Waals surface area contributed by atoms with Gasteiger partial charge in [0.05, 0.1) is 0 Å². The second-order valence-corrected chi connectivity index (χ2v) is 6.42. The SMILES string of the molecule is CCCCN(CC1CCCN1)c1ncnc2c1CCCC2. The summed E-state index contributed by atoms with van der Waals surface area (Å²) < 4.78 is 0. The van der Waals surface area contributed by atoms with E-state index >= 15 is 0 Å². The summed E-state index contributed by atoms with van der Waals surface area (Å²) in [5.41, 5.74) is 2.73. The maximum absolute atomic E-state index is 4.67.